The van der Waals surface area contributed by atoms with E-state index < -0.39 is 0 Å². The van der Waals surface area contributed by atoms with E-state index >= 15 is 0 Å². The smallest absolute Gasteiger partial charge is 0.276 e. The molecule has 4 rings (SSSR count). The van der Waals surface area contributed by atoms with Crippen LogP contribution in [0.1, 0.15) is 40.9 Å². The lowest BCUT2D eigenvalue weighted by molar-refractivity contribution is -0.121. The third-order valence-corrected chi connectivity index (χ3v) is 5.58. The number of hydrogen-bond acceptors (Lipinski definition) is 8. The van der Waals surface area contributed by atoms with E-state index in [1.807, 2.05) is 20.8 Å². The summed E-state index contributed by atoms with van der Waals surface area (Å²) >= 11 is 0. The first-order valence-electron chi connectivity index (χ1n) is 10.4. The van der Waals surface area contributed by atoms with Gasteiger partial charge in [-0.3, -0.25) is 9.59 Å². The van der Waals surface area contributed by atoms with Crippen LogP contribution in [-0.4, -0.2) is 74.0 Å². The highest BCUT2D eigenvalue weighted by molar-refractivity contribution is 5.93. The van der Waals surface area contributed by atoms with Crippen molar-refractivity contribution in [2.75, 3.05) is 37.6 Å². The topological polar surface area (TPSA) is 122 Å². The van der Waals surface area contributed by atoms with Crippen molar-refractivity contribution >= 4 is 23.4 Å². The highest BCUT2D eigenvalue weighted by Gasteiger charge is 2.25. The predicted octanol–water partition coefficient (Wildman–Crippen LogP) is 0.760. The van der Waals surface area contributed by atoms with Gasteiger partial charge in [0.25, 0.3) is 11.7 Å². The van der Waals surface area contributed by atoms with Gasteiger partial charge in [0, 0.05) is 56.8 Å². The zero-order valence-corrected chi connectivity index (χ0v) is 18.0. The fourth-order valence-electron chi connectivity index (χ4n) is 3.77. The first-order chi connectivity index (χ1) is 15.0. The lowest BCUT2D eigenvalue weighted by Crippen LogP contribution is -2.46. The number of carbonyl (C=O) groups is 2. The molecular weight excluding hydrogens is 400 g/mol. The zero-order valence-electron chi connectivity index (χ0n) is 18.0. The van der Waals surface area contributed by atoms with Gasteiger partial charge in [-0.2, -0.15) is 14.6 Å². The second-order valence-corrected chi connectivity index (χ2v) is 7.47. The van der Waals surface area contributed by atoms with E-state index in [0.29, 0.717) is 56.4 Å². The van der Waals surface area contributed by atoms with E-state index in [1.165, 1.54) is 12.7 Å². The van der Waals surface area contributed by atoms with Crippen molar-refractivity contribution in [1.29, 1.82) is 0 Å². The van der Waals surface area contributed by atoms with Gasteiger partial charge in [0.2, 0.25) is 5.91 Å². The van der Waals surface area contributed by atoms with Crippen LogP contribution in [0.5, 0.6) is 0 Å². The molecule has 3 aromatic heterocycles. The molecule has 1 fully saturated rings. The number of carbonyl (C=O) groups excluding carboxylic acids is 2. The van der Waals surface area contributed by atoms with Crippen LogP contribution in [-0.2, 0) is 11.2 Å². The number of nitrogens with zero attached hydrogens (tertiary/aromatic N) is 7. The minimum Gasteiger partial charge on any atom is -0.448 e. The standard InChI is InChI=1S/C20H26N8O3/c1-4-15-17(23-12-31-15)19(30)27-7-5-16(29)21-6-8-26(9-10-27)18-13(2)14(3)25-20-22-11-24-28(18)20/h11-12H,4-10H2,1-3H3,(H,21,29). The minimum atomic E-state index is -0.229. The second-order valence-electron chi connectivity index (χ2n) is 7.47. The van der Waals surface area contributed by atoms with Gasteiger partial charge in [0.1, 0.15) is 17.9 Å². The molecule has 2 amide bonds. The Kier molecular flexibility index (Phi) is 5.83. The van der Waals surface area contributed by atoms with E-state index in [-0.39, 0.29) is 18.2 Å². The van der Waals surface area contributed by atoms with Gasteiger partial charge < -0.3 is 19.5 Å². The van der Waals surface area contributed by atoms with Gasteiger partial charge in [-0.05, 0) is 13.8 Å². The van der Waals surface area contributed by atoms with Crippen molar-refractivity contribution in [2.45, 2.75) is 33.6 Å². The molecular formula is C20H26N8O3. The number of rotatable bonds is 3. The van der Waals surface area contributed by atoms with Crippen LogP contribution in [0.4, 0.5) is 5.82 Å². The lowest BCUT2D eigenvalue weighted by atomic mass is 10.2. The molecule has 0 bridgehead atoms. The van der Waals surface area contributed by atoms with Crippen LogP contribution in [0.3, 0.4) is 0 Å². The molecule has 4 heterocycles. The first kappa shape index (κ1) is 20.8. The molecule has 1 N–H and O–H groups in total. The molecule has 0 unspecified atom stereocenters. The third-order valence-electron chi connectivity index (χ3n) is 5.58. The highest BCUT2D eigenvalue weighted by atomic mass is 16.3. The molecule has 0 aromatic carbocycles. The molecule has 0 spiro atoms. The molecule has 0 saturated carbocycles. The zero-order chi connectivity index (χ0) is 22.0. The summed E-state index contributed by atoms with van der Waals surface area (Å²) in [5.74, 6) is 1.60. The molecule has 164 valence electrons. The molecule has 0 radical (unpaired) electrons. The predicted molar refractivity (Wildman–Crippen MR) is 112 cm³/mol. The van der Waals surface area contributed by atoms with Crippen molar-refractivity contribution in [3.05, 3.63) is 35.4 Å². The van der Waals surface area contributed by atoms with Crippen molar-refractivity contribution in [3.8, 4) is 0 Å². The lowest BCUT2D eigenvalue weighted by Gasteiger charge is -2.31. The Bertz CT molecular complexity index is 1110. The summed E-state index contributed by atoms with van der Waals surface area (Å²) in [5.41, 5.74) is 2.14. The Morgan fingerprint density at radius 2 is 2.03 bits per heavy atom. The Morgan fingerprint density at radius 1 is 1.19 bits per heavy atom. The van der Waals surface area contributed by atoms with Crippen molar-refractivity contribution < 1.29 is 14.0 Å². The van der Waals surface area contributed by atoms with Crippen LogP contribution >= 0.6 is 0 Å². The summed E-state index contributed by atoms with van der Waals surface area (Å²) in [6.07, 6.45) is 3.57. The number of hydrogen-bond donors (Lipinski definition) is 1. The maximum atomic E-state index is 13.2. The molecule has 1 saturated heterocycles. The SMILES string of the molecule is CCc1ocnc1C(=O)N1CCC(=O)NCCN(c2c(C)c(C)nc3ncnn23)CC1. The van der Waals surface area contributed by atoms with Crippen LogP contribution in [0.2, 0.25) is 0 Å². The molecule has 0 atom stereocenters. The number of nitrogens with one attached hydrogen (secondary N) is 1. The van der Waals surface area contributed by atoms with Gasteiger partial charge in [-0.15, -0.1) is 0 Å². The van der Waals surface area contributed by atoms with Gasteiger partial charge >= 0.3 is 0 Å². The molecule has 31 heavy (non-hydrogen) atoms. The Balaban J connectivity index is 1.66. The number of amides is 2. The van der Waals surface area contributed by atoms with E-state index in [9.17, 15) is 9.59 Å². The summed E-state index contributed by atoms with van der Waals surface area (Å²) in [6, 6.07) is 0. The largest absolute Gasteiger partial charge is 0.448 e. The fraction of sp³-hybridized carbons (Fsp3) is 0.500. The number of aromatic nitrogens is 5. The average Bonchev–Trinajstić information content (AvgIpc) is 3.42. The van der Waals surface area contributed by atoms with Crippen LogP contribution in [0.15, 0.2) is 17.1 Å². The molecule has 11 heteroatoms. The van der Waals surface area contributed by atoms with E-state index in [2.05, 4.69) is 30.3 Å². The van der Waals surface area contributed by atoms with Crippen molar-refractivity contribution in [1.82, 2.24) is 34.8 Å². The number of aryl methyl sites for hydroxylation is 2. The van der Waals surface area contributed by atoms with Crippen LogP contribution in [0, 0.1) is 13.8 Å². The van der Waals surface area contributed by atoms with Crippen LogP contribution in [0.25, 0.3) is 5.78 Å². The van der Waals surface area contributed by atoms with Crippen molar-refractivity contribution in [2.24, 2.45) is 0 Å². The summed E-state index contributed by atoms with van der Waals surface area (Å²) < 4.78 is 7.04. The summed E-state index contributed by atoms with van der Waals surface area (Å²) in [7, 11) is 0. The quantitative estimate of drug-likeness (QED) is 0.651. The molecule has 3 aromatic rings. The van der Waals surface area contributed by atoms with Crippen molar-refractivity contribution in [3.63, 3.8) is 0 Å². The summed E-state index contributed by atoms with van der Waals surface area (Å²) in [6.45, 7) is 8.18. The van der Waals surface area contributed by atoms with Gasteiger partial charge in [0.15, 0.2) is 12.1 Å². The number of oxazole rings is 1. The summed E-state index contributed by atoms with van der Waals surface area (Å²) in [4.78, 5) is 42.0. The maximum Gasteiger partial charge on any atom is 0.276 e. The Morgan fingerprint density at radius 3 is 2.84 bits per heavy atom. The maximum absolute atomic E-state index is 13.2. The fourth-order valence-corrected chi connectivity index (χ4v) is 3.77. The molecule has 0 aliphatic carbocycles. The van der Waals surface area contributed by atoms with E-state index in [1.54, 1.807) is 9.42 Å². The monoisotopic (exact) mass is 426 g/mol. The van der Waals surface area contributed by atoms with Gasteiger partial charge in [-0.1, -0.05) is 6.92 Å². The highest BCUT2D eigenvalue weighted by Crippen LogP contribution is 2.22. The van der Waals surface area contributed by atoms with Gasteiger partial charge in [0.05, 0.1) is 0 Å². The Hall–Kier alpha value is -3.50. The third kappa shape index (κ3) is 4.07. The average molecular weight is 426 g/mol. The van der Waals surface area contributed by atoms with E-state index in [4.69, 9.17) is 4.42 Å². The number of anilines is 1. The van der Waals surface area contributed by atoms with Crippen LogP contribution < -0.4 is 10.2 Å². The summed E-state index contributed by atoms with van der Waals surface area (Å²) in [5, 5.41) is 7.27. The molecule has 11 nitrogen and oxygen atoms in total. The molecule has 1 aliphatic rings. The van der Waals surface area contributed by atoms with E-state index in [0.717, 1.165) is 17.1 Å². The number of fused-ring (bicyclic) bond motifs is 1. The second kappa shape index (κ2) is 8.70. The van der Waals surface area contributed by atoms with Gasteiger partial charge in [-0.25, -0.2) is 9.97 Å². The Labute approximate surface area is 179 Å². The first-order valence-corrected chi connectivity index (χ1v) is 10.4. The minimum absolute atomic E-state index is 0.0935. The normalized spacial score (nSPS) is 15.9. The molecule has 1 aliphatic heterocycles.